The summed E-state index contributed by atoms with van der Waals surface area (Å²) < 4.78 is 0. The van der Waals surface area contributed by atoms with Gasteiger partial charge in [-0.3, -0.25) is 4.79 Å². The van der Waals surface area contributed by atoms with E-state index in [-0.39, 0.29) is 17.9 Å². The monoisotopic (exact) mass is 240 g/mol. The first kappa shape index (κ1) is 14.5. The lowest BCUT2D eigenvalue weighted by atomic mass is 10.0. The summed E-state index contributed by atoms with van der Waals surface area (Å²) in [6.45, 7) is 9.39. The maximum Gasteiger partial charge on any atom is 0.222 e. The van der Waals surface area contributed by atoms with Crippen LogP contribution in [0.4, 0.5) is 0 Å². The van der Waals surface area contributed by atoms with Crippen molar-refractivity contribution in [2.45, 2.75) is 59.4 Å². The Labute approximate surface area is 106 Å². The third-order valence-corrected chi connectivity index (χ3v) is 3.98. The van der Waals surface area contributed by atoms with E-state index in [0.29, 0.717) is 11.3 Å². The summed E-state index contributed by atoms with van der Waals surface area (Å²) in [7, 11) is 0. The summed E-state index contributed by atoms with van der Waals surface area (Å²) in [5.41, 5.74) is 6.14. The SMILES string of the molecule is CC(N)CCCC(C)C(=O)NCC1CC1(C)C. The summed E-state index contributed by atoms with van der Waals surface area (Å²) >= 11 is 0. The topological polar surface area (TPSA) is 55.1 Å². The molecule has 0 radical (unpaired) electrons. The lowest BCUT2D eigenvalue weighted by Crippen LogP contribution is -2.31. The van der Waals surface area contributed by atoms with Crippen molar-refractivity contribution < 1.29 is 4.79 Å². The molecular weight excluding hydrogens is 212 g/mol. The Morgan fingerprint density at radius 2 is 2.00 bits per heavy atom. The van der Waals surface area contributed by atoms with Gasteiger partial charge in [0.15, 0.2) is 0 Å². The van der Waals surface area contributed by atoms with E-state index in [4.69, 9.17) is 5.73 Å². The maximum absolute atomic E-state index is 11.8. The summed E-state index contributed by atoms with van der Waals surface area (Å²) in [6, 6.07) is 0.248. The summed E-state index contributed by atoms with van der Waals surface area (Å²) in [5.74, 6) is 1.01. The normalized spacial score (nSPS) is 25.1. The molecule has 3 nitrogen and oxygen atoms in total. The Balaban J connectivity index is 2.10. The molecule has 3 heteroatoms. The second-order valence-corrected chi connectivity index (χ2v) is 6.44. The number of amides is 1. The van der Waals surface area contributed by atoms with Crippen LogP contribution in [-0.2, 0) is 4.79 Å². The first-order valence-corrected chi connectivity index (χ1v) is 6.86. The molecule has 0 heterocycles. The van der Waals surface area contributed by atoms with Crippen LogP contribution < -0.4 is 11.1 Å². The van der Waals surface area contributed by atoms with Crippen molar-refractivity contribution in [3.8, 4) is 0 Å². The Morgan fingerprint density at radius 3 is 2.47 bits per heavy atom. The van der Waals surface area contributed by atoms with E-state index >= 15 is 0 Å². The van der Waals surface area contributed by atoms with Gasteiger partial charge in [0.05, 0.1) is 0 Å². The van der Waals surface area contributed by atoms with Crippen molar-refractivity contribution >= 4 is 5.91 Å². The number of nitrogens with one attached hydrogen (secondary N) is 1. The minimum absolute atomic E-state index is 0.121. The third-order valence-electron chi connectivity index (χ3n) is 3.98. The van der Waals surface area contributed by atoms with Crippen molar-refractivity contribution in [1.29, 1.82) is 0 Å². The second-order valence-electron chi connectivity index (χ2n) is 6.44. The van der Waals surface area contributed by atoms with Crippen molar-refractivity contribution in [2.75, 3.05) is 6.54 Å². The van der Waals surface area contributed by atoms with Gasteiger partial charge in [-0.15, -0.1) is 0 Å². The molecule has 0 aromatic heterocycles. The van der Waals surface area contributed by atoms with E-state index in [1.165, 1.54) is 6.42 Å². The van der Waals surface area contributed by atoms with Gasteiger partial charge in [0, 0.05) is 18.5 Å². The van der Waals surface area contributed by atoms with Gasteiger partial charge in [-0.1, -0.05) is 27.2 Å². The fourth-order valence-corrected chi connectivity index (χ4v) is 2.20. The van der Waals surface area contributed by atoms with E-state index in [1.54, 1.807) is 0 Å². The van der Waals surface area contributed by atoms with Gasteiger partial charge in [-0.2, -0.15) is 0 Å². The summed E-state index contributed by atoms with van der Waals surface area (Å²) in [4.78, 5) is 11.8. The Kier molecular flexibility index (Phi) is 4.99. The zero-order chi connectivity index (χ0) is 13.1. The molecule has 1 amide bonds. The lowest BCUT2D eigenvalue weighted by Gasteiger charge is -2.13. The zero-order valence-electron chi connectivity index (χ0n) is 11.8. The molecule has 1 fully saturated rings. The highest BCUT2D eigenvalue weighted by molar-refractivity contribution is 5.78. The highest BCUT2D eigenvalue weighted by Crippen LogP contribution is 2.50. The van der Waals surface area contributed by atoms with E-state index in [1.807, 2.05) is 13.8 Å². The number of carbonyl (C=O) groups excluding carboxylic acids is 1. The molecule has 1 rings (SSSR count). The maximum atomic E-state index is 11.8. The third kappa shape index (κ3) is 5.07. The van der Waals surface area contributed by atoms with Crippen LogP contribution in [0.1, 0.15) is 53.4 Å². The first-order chi connectivity index (χ1) is 7.83. The molecule has 0 aromatic carbocycles. The molecule has 17 heavy (non-hydrogen) atoms. The average Bonchev–Trinajstić information content (AvgIpc) is 2.82. The van der Waals surface area contributed by atoms with Crippen LogP contribution in [0.15, 0.2) is 0 Å². The standard InChI is InChI=1S/C14H28N2O/c1-10(6-5-7-11(2)15)13(17)16-9-12-8-14(12,3)4/h10-12H,5-9,15H2,1-4H3,(H,16,17). The molecule has 0 aromatic rings. The van der Waals surface area contributed by atoms with Crippen molar-refractivity contribution in [2.24, 2.45) is 23.0 Å². The number of carbonyl (C=O) groups is 1. The fourth-order valence-electron chi connectivity index (χ4n) is 2.20. The minimum atomic E-state index is 0.121. The molecule has 1 saturated carbocycles. The number of hydrogen-bond acceptors (Lipinski definition) is 2. The second kappa shape index (κ2) is 5.85. The van der Waals surface area contributed by atoms with Gasteiger partial charge in [0.2, 0.25) is 5.91 Å². The molecule has 100 valence electrons. The van der Waals surface area contributed by atoms with Gasteiger partial charge >= 0.3 is 0 Å². The number of rotatable bonds is 7. The molecule has 1 aliphatic rings. The van der Waals surface area contributed by atoms with Gasteiger partial charge in [-0.05, 0) is 37.5 Å². The molecule has 0 aliphatic heterocycles. The molecule has 0 bridgehead atoms. The van der Waals surface area contributed by atoms with Crippen molar-refractivity contribution in [3.63, 3.8) is 0 Å². The van der Waals surface area contributed by atoms with Gasteiger partial charge in [0.25, 0.3) is 0 Å². The molecule has 0 spiro atoms. The quantitative estimate of drug-likeness (QED) is 0.717. The summed E-state index contributed by atoms with van der Waals surface area (Å²) in [5, 5.41) is 3.07. The van der Waals surface area contributed by atoms with Gasteiger partial charge < -0.3 is 11.1 Å². The van der Waals surface area contributed by atoms with E-state index in [9.17, 15) is 4.79 Å². The van der Waals surface area contributed by atoms with Crippen LogP contribution >= 0.6 is 0 Å². The van der Waals surface area contributed by atoms with Crippen LogP contribution in [0.3, 0.4) is 0 Å². The molecule has 1 aliphatic carbocycles. The first-order valence-electron chi connectivity index (χ1n) is 6.86. The predicted octanol–water partition coefficient (Wildman–Crippen LogP) is 2.30. The van der Waals surface area contributed by atoms with Crippen LogP contribution in [0.25, 0.3) is 0 Å². The highest BCUT2D eigenvalue weighted by atomic mass is 16.1. The summed E-state index contributed by atoms with van der Waals surface area (Å²) in [6.07, 6.45) is 4.24. The smallest absolute Gasteiger partial charge is 0.222 e. The average molecular weight is 240 g/mol. The zero-order valence-corrected chi connectivity index (χ0v) is 11.8. The minimum Gasteiger partial charge on any atom is -0.356 e. The van der Waals surface area contributed by atoms with E-state index in [2.05, 4.69) is 19.2 Å². The van der Waals surface area contributed by atoms with Crippen molar-refractivity contribution in [1.82, 2.24) is 5.32 Å². The Bertz CT molecular complexity index is 261. The molecule has 0 saturated heterocycles. The van der Waals surface area contributed by atoms with Crippen LogP contribution in [-0.4, -0.2) is 18.5 Å². The molecule has 3 N–H and O–H groups in total. The fraction of sp³-hybridized carbons (Fsp3) is 0.929. The Morgan fingerprint density at radius 1 is 1.41 bits per heavy atom. The lowest BCUT2D eigenvalue weighted by molar-refractivity contribution is -0.124. The predicted molar refractivity (Wildman–Crippen MR) is 71.6 cm³/mol. The molecular formula is C14H28N2O. The van der Waals surface area contributed by atoms with Crippen LogP contribution in [0.5, 0.6) is 0 Å². The molecule has 3 unspecified atom stereocenters. The van der Waals surface area contributed by atoms with Gasteiger partial charge in [-0.25, -0.2) is 0 Å². The van der Waals surface area contributed by atoms with E-state index in [0.717, 1.165) is 25.8 Å². The largest absolute Gasteiger partial charge is 0.356 e. The number of nitrogens with two attached hydrogens (primary N) is 1. The Hall–Kier alpha value is -0.570. The number of hydrogen-bond donors (Lipinski definition) is 2. The van der Waals surface area contributed by atoms with Crippen molar-refractivity contribution in [3.05, 3.63) is 0 Å². The van der Waals surface area contributed by atoms with Crippen LogP contribution in [0.2, 0.25) is 0 Å². The van der Waals surface area contributed by atoms with Gasteiger partial charge in [0.1, 0.15) is 0 Å². The molecule has 3 atom stereocenters. The van der Waals surface area contributed by atoms with E-state index < -0.39 is 0 Å². The van der Waals surface area contributed by atoms with Crippen LogP contribution in [0, 0.1) is 17.3 Å². The highest BCUT2D eigenvalue weighted by Gasteiger charge is 2.45.